The van der Waals surface area contributed by atoms with Gasteiger partial charge in [0, 0.05) is 34.2 Å². The van der Waals surface area contributed by atoms with Crippen LogP contribution in [0.4, 0.5) is 0 Å². The van der Waals surface area contributed by atoms with Gasteiger partial charge in [0.1, 0.15) is 5.75 Å². The topological polar surface area (TPSA) is 38.8 Å². The van der Waals surface area contributed by atoms with Gasteiger partial charge < -0.3 is 14.4 Å². The van der Waals surface area contributed by atoms with E-state index < -0.39 is 0 Å². The Bertz CT molecular complexity index is 779. The van der Waals surface area contributed by atoms with Crippen LogP contribution in [-0.4, -0.2) is 36.7 Å². The molecule has 0 saturated carbocycles. The van der Waals surface area contributed by atoms with Crippen molar-refractivity contribution in [1.29, 1.82) is 0 Å². The van der Waals surface area contributed by atoms with Crippen molar-refractivity contribution >= 4 is 45.0 Å². The quantitative estimate of drug-likeness (QED) is 0.545. The molecule has 1 saturated heterocycles. The van der Waals surface area contributed by atoms with E-state index >= 15 is 0 Å². The van der Waals surface area contributed by atoms with E-state index in [1.165, 1.54) is 0 Å². The summed E-state index contributed by atoms with van der Waals surface area (Å²) in [5.74, 6) is 0.535. The van der Waals surface area contributed by atoms with Gasteiger partial charge in [-0.15, -0.1) is 0 Å². The second-order valence-corrected chi connectivity index (χ2v) is 8.15. The van der Waals surface area contributed by atoms with Gasteiger partial charge in [0.05, 0.1) is 6.10 Å². The Balaban J connectivity index is 1.67. The Kier molecular flexibility index (Phi) is 7.41. The molecule has 4 nitrogen and oxygen atoms in total. The van der Waals surface area contributed by atoms with Crippen LogP contribution in [0.2, 0.25) is 10.0 Å². The van der Waals surface area contributed by atoms with Gasteiger partial charge in [-0.1, -0.05) is 45.2 Å². The average Bonchev–Trinajstić information content (AvgIpc) is 3.15. The van der Waals surface area contributed by atoms with E-state index in [4.69, 9.17) is 32.7 Å². The standard InChI is InChI=1S/C20H20BrCl2NO3/c21-15-4-7-17(8-5-15)27-13-20(25)24(12-18-2-1-9-26-18)11-14-3-6-16(22)10-19(14)23/h3-8,10,18H,1-2,9,11-13H2/t18-/m1/s1. The Morgan fingerprint density at radius 2 is 2.00 bits per heavy atom. The number of halogens is 3. The van der Waals surface area contributed by atoms with E-state index in [0.717, 1.165) is 29.5 Å². The molecule has 1 amide bonds. The molecule has 1 heterocycles. The maximum Gasteiger partial charge on any atom is 0.260 e. The van der Waals surface area contributed by atoms with Crippen molar-refractivity contribution in [1.82, 2.24) is 4.90 Å². The van der Waals surface area contributed by atoms with Crippen LogP contribution < -0.4 is 4.74 Å². The first-order valence-electron chi connectivity index (χ1n) is 8.73. The lowest BCUT2D eigenvalue weighted by molar-refractivity contribution is -0.135. The van der Waals surface area contributed by atoms with Crippen molar-refractivity contribution in [3.05, 3.63) is 62.5 Å². The predicted octanol–water partition coefficient (Wildman–Crippen LogP) is 5.34. The van der Waals surface area contributed by atoms with Gasteiger partial charge in [0.25, 0.3) is 5.91 Å². The molecule has 0 bridgehead atoms. The first kappa shape index (κ1) is 20.5. The third-order valence-corrected chi connectivity index (χ3v) is 5.47. The Labute approximate surface area is 177 Å². The van der Waals surface area contributed by atoms with Crippen LogP contribution >= 0.6 is 39.1 Å². The summed E-state index contributed by atoms with van der Waals surface area (Å²) in [5.41, 5.74) is 0.844. The molecule has 144 valence electrons. The highest BCUT2D eigenvalue weighted by molar-refractivity contribution is 9.10. The molecule has 1 aliphatic heterocycles. The molecular formula is C20H20BrCl2NO3. The van der Waals surface area contributed by atoms with Gasteiger partial charge >= 0.3 is 0 Å². The fraction of sp³-hybridized carbons (Fsp3) is 0.350. The number of hydrogen-bond acceptors (Lipinski definition) is 3. The van der Waals surface area contributed by atoms with Crippen molar-refractivity contribution in [2.24, 2.45) is 0 Å². The third-order valence-electron chi connectivity index (χ3n) is 4.35. The third kappa shape index (κ3) is 6.11. The van der Waals surface area contributed by atoms with Gasteiger partial charge in [-0.05, 0) is 54.8 Å². The van der Waals surface area contributed by atoms with Crippen LogP contribution in [0.25, 0.3) is 0 Å². The lowest BCUT2D eigenvalue weighted by Gasteiger charge is -2.26. The molecule has 1 fully saturated rings. The normalized spacial score (nSPS) is 16.3. The minimum atomic E-state index is -0.112. The second-order valence-electron chi connectivity index (χ2n) is 6.39. The van der Waals surface area contributed by atoms with Crippen molar-refractivity contribution in [3.63, 3.8) is 0 Å². The molecule has 0 aliphatic carbocycles. The van der Waals surface area contributed by atoms with Gasteiger partial charge in [0.2, 0.25) is 0 Å². The van der Waals surface area contributed by atoms with Crippen LogP contribution in [0, 0.1) is 0 Å². The lowest BCUT2D eigenvalue weighted by atomic mass is 10.1. The Morgan fingerprint density at radius 1 is 1.22 bits per heavy atom. The number of amides is 1. The number of carbonyl (C=O) groups excluding carboxylic acids is 1. The summed E-state index contributed by atoms with van der Waals surface area (Å²) in [5, 5.41) is 1.11. The first-order valence-corrected chi connectivity index (χ1v) is 10.3. The molecule has 1 aliphatic rings. The summed E-state index contributed by atoms with van der Waals surface area (Å²) in [6.07, 6.45) is 2.02. The zero-order valence-electron chi connectivity index (χ0n) is 14.7. The zero-order chi connectivity index (χ0) is 19.2. The molecule has 1 atom stereocenters. The number of carbonyl (C=O) groups is 1. The average molecular weight is 473 g/mol. The van der Waals surface area contributed by atoms with E-state index in [1.54, 1.807) is 17.0 Å². The number of ether oxygens (including phenoxy) is 2. The largest absolute Gasteiger partial charge is 0.484 e. The first-order chi connectivity index (χ1) is 13.0. The summed E-state index contributed by atoms with van der Waals surface area (Å²) in [7, 11) is 0. The highest BCUT2D eigenvalue weighted by Crippen LogP contribution is 2.24. The van der Waals surface area contributed by atoms with Crippen molar-refractivity contribution in [2.75, 3.05) is 19.8 Å². The molecule has 2 aromatic rings. The van der Waals surface area contributed by atoms with Crippen LogP contribution in [0.1, 0.15) is 18.4 Å². The predicted molar refractivity (Wildman–Crippen MR) is 110 cm³/mol. The molecule has 0 spiro atoms. The summed E-state index contributed by atoms with van der Waals surface area (Å²) in [6.45, 7) is 1.60. The van der Waals surface area contributed by atoms with Gasteiger partial charge in [-0.3, -0.25) is 4.79 Å². The molecule has 0 aromatic heterocycles. The molecule has 7 heteroatoms. The number of benzene rings is 2. The van der Waals surface area contributed by atoms with Crippen LogP contribution in [-0.2, 0) is 16.1 Å². The summed E-state index contributed by atoms with van der Waals surface area (Å²) >= 11 is 15.6. The van der Waals surface area contributed by atoms with E-state index in [0.29, 0.717) is 28.9 Å². The molecule has 27 heavy (non-hydrogen) atoms. The summed E-state index contributed by atoms with van der Waals surface area (Å²) in [4.78, 5) is 14.6. The van der Waals surface area contributed by atoms with Gasteiger partial charge in [0.15, 0.2) is 6.61 Å². The molecule has 3 rings (SSSR count). The summed E-state index contributed by atoms with van der Waals surface area (Å²) < 4.78 is 12.3. The van der Waals surface area contributed by atoms with Crippen molar-refractivity contribution in [3.8, 4) is 5.75 Å². The highest BCUT2D eigenvalue weighted by atomic mass is 79.9. The maximum absolute atomic E-state index is 12.8. The number of rotatable bonds is 7. The fourth-order valence-electron chi connectivity index (χ4n) is 2.91. The van der Waals surface area contributed by atoms with Gasteiger partial charge in [-0.25, -0.2) is 0 Å². The molecule has 2 aromatic carbocycles. The minimum absolute atomic E-state index is 0.0421. The van der Waals surface area contributed by atoms with Crippen LogP contribution in [0.15, 0.2) is 46.9 Å². The molecule has 0 radical (unpaired) electrons. The monoisotopic (exact) mass is 471 g/mol. The van der Waals surface area contributed by atoms with Crippen molar-refractivity contribution in [2.45, 2.75) is 25.5 Å². The Morgan fingerprint density at radius 3 is 2.67 bits per heavy atom. The minimum Gasteiger partial charge on any atom is -0.484 e. The fourth-order valence-corrected chi connectivity index (χ4v) is 3.64. The highest BCUT2D eigenvalue weighted by Gasteiger charge is 2.23. The second kappa shape index (κ2) is 9.78. The maximum atomic E-state index is 12.8. The van der Waals surface area contributed by atoms with Crippen LogP contribution in [0.3, 0.4) is 0 Å². The molecule has 0 unspecified atom stereocenters. The smallest absolute Gasteiger partial charge is 0.260 e. The van der Waals surface area contributed by atoms with E-state index in [1.807, 2.05) is 30.3 Å². The van der Waals surface area contributed by atoms with E-state index in [-0.39, 0.29) is 18.6 Å². The number of hydrogen-bond donors (Lipinski definition) is 0. The van der Waals surface area contributed by atoms with E-state index in [2.05, 4.69) is 15.9 Å². The van der Waals surface area contributed by atoms with Crippen LogP contribution in [0.5, 0.6) is 5.75 Å². The van der Waals surface area contributed by atoms with Gasteiger partial charge in [-0.2, -0.15) is 0 Å². The SMILES string of the molecule is O=C(COc1ccc(Br)cc1)N(Cc1ccc(Cl)cc1Cl)C[C@H]1CCCO1. The Hall–Kier alpha value is -1.27. The molecule has 0 N–H and O–H groups in total. The lowest BCUT2D eigenvalue weighted by Crippen LogP contribution is -2.39. The van der Waals surface area contributed by atoms with E-state index in [9.17, 15) is 4.79 Å². The summed E-state index contributed by atoms with van der Waals surface area (Å²) in [6, 6.07) is 12.7. The molecular weight excluding hydrogens is 453 g/mol. The van der Waals surface area contributed by atoms with Crippen molar-refractivity contribution < 1.29 is 14.3 Å². The number of nitrogens with zero attached hydrogens (tertiary/aromatic N) is 1. The zero-order valence-corrected chi connectivity index (χ0v) is 17.8.